The van der Waals surface area contributed by atoms with Crippen LogP contribution in [-0.2, 0) is 6.54 Å². The van der Waals surface area contributed by atoms with Crippen molar-refractivity contribution in [2.45, 2.75) is 31.7 Å². The molecule has 2 fully saturated rings. The molecule has 24 heavy (non-hydrogen) atoms. The first-order valence-corrected chi connectivity index (χ1v) is 8.45. The van der Waals surface area contributed by atoms with Gasteiger partial charge in [-0.2, -0.15) is 5.26 Å². The van der Waals surface area contributed by atoms with Crippen LogP contribution in [0.5, 0.6) is 0 Å². The van der Waals surface area contributed by atoms with E-state index in [9.17, 15) is 0 Å². The molecule has 2 aromatic rings. The van der Waals surface area contributed by atoms with Crippen molar-refractivity contribution >= 4 is 5.82 Å². The van der Waals surface area contributed by atoms with E-state index in [1.165, 1.54) is 12.8 Å². The SMILES string of the molecule is N#Cc1cccnc1NCC1CCN(Cc2nnc(C3CC3)o2)C1. The highest BCUT2D eigenvalue weighted by atomic mass is 16.4. The lowest BCUT2D eigenvalue weighted by molar-refractivity contribution is 0.278. The molecule has 124 valence electrons. The Kier molecular flexibility index (Phi) is 4.13. The average Bonchev–Trinajstić information content (AvgIpc) is 3.20. The molecule has 7 heteroatoms. The van der Waals surface area contributed by atoms with Gasteiger partial charge in [0, 0.05) is 25.2 Å². The molecule has 0 spiro atoms. The highest BCUT2D eigenvalue weighted by Gasteiger charge is 2.30. The molecule has 3 heterocycles. The number of likely N-dealkylation sites (tertiary alicyclic amines) is 1. The molecule has 1 aliphatic heterocycles. The predicted octanol–water partition coefficient (Wildman–Crippen LogP) is 2.15. The Morgan fingerprint density at radius 2 is 2.25 bits per heavy atom. The first kappa shape index (κ1) is 15.1. The molecule has 7 nitrogen and oxygen atoms in total. The van der Waals surface area contributed by atoms with E-state index in [-0.39, 0.29) is 0 Å². The molecule has 0 aromatic carbocycles. The number of anilines is 1. The van der Waals surface area contributed by atoms with Gasteiger partial charge in [-0.3, -0.25) is 4.90 Å². The Bertz CT molecular complexity index is 748. The van der Waals surface area contributed by atoms with Crippen molar-refractivity contribution in [2.24, 2.45) is 5.92 Å². The molecule has 2 aromatic heterocycles. The first-order valence-electron chi connectivity index (χ1n) is 8.45. The normalized spacial score (nSPS) is 20.9. The van der Waals surface area contributed by atoms with Gasteiger partial charge in [-0.05, 0) is 43.9 Å². The Hall–Kier alpha value is -2.46. The maximum atomic E-state index is 9.10. The summed E-state index contributed by atoms with van der Waals surface area (Å²) in [5, 5.41) is 20.7. The van der Waals surface area contributed by atoms with Gasteiger partial charge in [0.25, 0.3) is 0 Å². The van der Waals surface area contributed by atoms with Gasteiger partial charge in [-0.25, -0.2) is 4.98 Å². The zero-order chi connectivity index (χ0) is 16.4. The molecule has 1 unspecified atom stereocenters. The van der Waals surface area contributed by atoms with E-state index >= 15 is 0 Å². The minimum atomic E-state index is 0.509. The summed E-state index contributed by atoms with van der Waals surface area (Å²) in [5.74, 6) is 3.24. The van der Waals surface area contributed by atoms with Crippen LogP contribution in [0, 0.1) is 17.2 Å². The summed E-state index contributed by atoms with van der Waals surface area (Å²) < 4.78 is 5.74. The van der Waals surface area contributed by atoms with Gasteiger partial charge in [0.2, 0.25) is 11.8 Å². The van der Waals surface area contributed by atoms with Crippen molar-refractivity contribution in [3.05, 3.63) is 35.7 Å². The Morgan fingerprint density at radius 3 is 3.08 bits per heavy atom. The van der Waals surface area contributed by atoms with Gasteiger partial charge in [0.15, 0.2) is 0 Å². The minimum absolute atomic E-state index is 0.509. The number of nitrogens with one attached hydrogen (secondary N) is 1. The highest BCUT2D eigenvalue weighted by Crippen LogP contribution is 2.39. The van der Waals surface area contributed by atoms with E-state index in [0.717, 1.165) is 44.4 Å². The van der Waals surface area contributed by atoms with Crippen LogP contribution in [-0.4, -0.2) is 39.7 Å². The second kappa shape index (κ2) is 6.57. The molecular formula is C17H20N6O. The van der Waals surface area contributed by atoms with Crippen LogP contribution in [0.2, 0.25) is 0 Å². The molecule has 0 bridgehead atoms. The highest BCUT2D eigenvalue weighted by molar-refractivity contribution is 5.51. The van der Waals surface area contributed by atoms with Gasteiger partial charge in [-0.15, -0.1) is 10.2 Å². The second-order valence-electron chi connectivity index (χ2n) is 6.59. The van der Waals surface area contributed by atoms with Crippen LogP contribution in [0.25, 0.3) is 0 Å². The van der Waals surface area contributed by atoms with E-state index < -0.39 is 0 Å². The Labute approximate surface area is 140 Å². The lowest BCUT2D eigenvalue weighted by Crippen LogP contribution is -2.23. The topological polar surface area (TPSA) is 90.9 Å². The summed E-state index contributed by atoms with van der Waals surface area (Å²) in [6.07, 6.45) is 5.18. The van der Waals surface area contributed by atoms with E-state index in [1.54, 1.807) is 18.3 Å². The molecule has 0 amide bonds. The number of nitrogens with zero attached hydrogens (tertiary/aromatic N) is 5. The summed E-state index contributed by atoms with van der Waals surface area (Å²) in [4.78, 5) is 6.59. The molecule has 1 saturated heterocycles. The Balaban J connectivity index is 1.27. The monoisotopic (exact) mass is 324 g/mol. The summed E-state index contributed by atoms with van der Waals surface area (Å²) in [6.45, 7) is 3.56. The zero-order valence-corrected chi connectivity index (χ0v) is 13.5. The quantitative estimate of drug-likeness (QED) is 0.870. The van der Waals surface area contributed by atoms with Crippen LogP contribution < -0.4 is 5.32 Å². The van der Waals surface area contributed by atoms with Gasteiger partial charge < -0.3 is 9.73 Å². The average molecular weight is 324 g/mol. The van der Waals surface area contributed by atoms with Gasteiger partial charge in [0.05, 0.1) is 12.1 Å². The number of rotatable bonds is 6. The largest absolute Gasteiger partial charge is 0.424 e. The number of hydrogen-bond acceptors (Lipinski definition) is 7. The number of aromatic nitrogens is 3. The third-order valence-electron chi connectivity index (χ3n) is 4.62. The second-order valence-corrected chi connectivity index (χ2v) is 6.59. The molecule has 0 radical (unpaired) electrons. The molecular weight excluding hydrogens is 304 g/mol. The fraction of sp³-hybridized carbons (Fsp3) is 0.529. The smallest absolute Gasteiger partial charge is 0.230 e. The lowest BCUT2D eigenvalue weighted by atomic mass is 10.1. The predicted molar refractivity (Wildman–Crippen MR) is 87.1 cm³/mol. The molecule has 2 aliphatic rings. The molecule has 1 N–H and O–H groups in total. The van der Waals surface area contributed by atoms with Crippen molar-refractivity contribution in [1.29, 1.82) is 5.26 Å². The summed E-state index contributed by atoms with van der Waals surface area (Å²) in [7, 11) is 0. The first-order chi connectivity index (χ1) is 11.8. The molecule has 1 saturated carbocycles. The van der Waals surface area contributed by atoms with Crippen molar-refractivity contribution in [3.8, 4) is 6.07 Å². The van der Waals surface area contributed by atoms with Crippen LogP contribution in [0.1, 0.15) is 42.5 Å². The standard InChI is InChI=1S/C17H20N6O/c18-8-14-2-1-6-19-16(14)20-9-12-5-7-23(10-12)11-15-21-22-17(24-15)13-3-4-13/h1-2,6,12-13H,3-5,7,9-11H2,(H,19,20). The van der Waals surface area contributed by atoms with Gasteiger partial charge >= 0.3 is 0 Å². The number of nitriles is 1. The van der Waals surface area contributed by atoms with E-state index in [4.69, 9.17) is 9.68 Å². The van der Waals surface area contributed by atoms with E-state index in [2.05, 4.69) is 31.5 Å². The zero-order valence-electron chi connectivity index (χ0n) is 13.5. The van der Waals surface area contributed by atoms with Crippen LogP contribution >= 0.6 is 0 Å². The molecule has 4 rings (SSSR count). The lowest BCUT2D eigenvalue weighted by Gasteiger charge is -2.14. The fourth-order valence-electron chi connectivity index (χ4n) is 3.12. The van der Waals surface area contributed by atoms with Gasteiger partial charge in [-0.1, -0.05) is 0 Å². The summed E-state index contributed by atoms with van der Waals surface area (Å²) in [6, 6.07) is 5.73. The minimum Gasteiger partial charge on any atom is -0.424 e. The third kappa shape index (κ3) is 3.39. The van der Waals surface area contributed by atoms with Crippen LogP contribution in [0.4, 0.5) is 5.82 Å². The Morgan fingerprint density at radius 1 is 1.33 bits per heavy atom. The number of pyridine rings is 1. The third-order valence-corrected chi connectivity index (χ3v) is 4.62. The van der Waals surface area contributed by atoms with Crippen LogP contribution in [0.3, 0.4) is 0 Å². The van der Waals surface area contributed by atoms with E-state index in [0.29, 0.717) is 23.2 Å². The van der Waals surface area contributed by atoms with Crippen molar-refractivity contribution in [2.75, 3.05) is 25.0 Å². The summed E-state index contributed by atoms with van der Waals surface area (Å²) >= 11 is 0. The van der Waals surface area contributed by atoms with E-state index in [1.807, 2.05) is 0 Å². The maximum absolute atomic E-state index is 9.10. The van der Waals surface area contributed by atoms with Crippen molar-refractivity contribution in [3.63, 3.8) is 0 Å². The molecule has 1 atom stereocenters. The van der Waals surface area contributed by atoms with Crippen molar-refractivity contribution < 1.29 is 4.42 Å². The maximum Gasteiger partial charge on any atom is 0.230 e. The van der Waals surface area contributed by atoms with Gasteiger partial charge in [0.1, 0.15) is 11.9 Å². The fourth-order valence-corrected chi connectivity index (χ4v) is 3.12. The van der Waals surface area contributed by atoms with Crippen molar-refractivity contribution in [1.82, 2.24) is 20.1 Å². The number of hydrogen-bond donors (Lipinski definition) is 1. The molecule has 1 aliphatic carbocycles. The summed E-state index contributed by atoms with van der Waals surface area (Å²) in [5.41, 5.74) is 0.589. The van der Waals surface area contributed by atoms with Crippen LogP contribution in [0.15, 0.2) is 22.7 Å².